The minimum atomic E-state index is 0.596. The summed E-state index contributed by atoms with van der Waals surface area (Å²) in [6.07, 6.45) is 0. The normalized spacial score (nSPS) is 11.6. The average Bonchev–Trinajstić information content (AvgIpc) is 3.89. The van der Waals surface area contributed by atoms with Crippen LogP contribution in [0.3, 0.4) is 0 Å². The van der Waals surface area contributed by atoms with E-state index in [4.69, 9.17) is 0 Å². The van der Waals surface area contributed by atoms with Crippen LogP contribution in [0.5, 0.6) is 0 Å². The van der Waals surface area contributed by atoms with Crippen LogP contribution in [0, 0.1) is 22.7 Å². The van der Waals surface area contributed by atoms with Crippen molar-refractivity contribution in [1.29, 1.82) is 10.5 Å². The number of hydrogen-bond donors (Lipinski definition) is 0. The summed E-state index contributed by atoms with van der Waals surface area (Å²) in [5.74, 6) is 0. The number of nitrogens with zero attached hydrogens (tertiary/aromatic N) is 5. The Bertz CT molecular complexity index is 3400. The molecule has 11 aromatic rings. The smallest absolute Gasteiger partial charge is 0.101 e. The molecular formula is C50H29N5. The number of hydrogen-bond acceptors (Lipinski definition) is 2. The van der Waals surface area contributed by atoms with Crippen molar-refractivity contribution in [2.24, 2.45) is 0 Å². The molecule has 0 unspecified atom stereocenters. The Kier molecular flexibility index (Phi) is 6.61. The van der Waals surface area contributed by atoms with Crippen LogP contribution in [0.15, 0.2) is 176 Å². The van der Waals surface area contributed by atoms with Crippen LogP contribution in [-0.4, -0.2) is 13.7 Å². The molecule has 0 saturated carbocycles. The van der Waals surface area contributed by atoms with Crippen LogP contribution in [0.25, 0.3) is 93.6 Å². The van der Waals surface area contributed by atoms with Crippen LogP contribution in [0.1, 0.15) is 11.1 Å². The number of fused-ring (bicyclic) bond motifs is 9. The summed E-state index contributed by atoms with van der Waals surface area (Å²) < 4.78 is 6.84. The van der Waals surface area contributed by atoms with Crippen molar-refractivity contribution in [2.75, 3.05) is 0 Å². The van der Waals surface area contributed by atoms with Crippen molar-refractivity contribution in [3.05, 3.63) is 187 Å². The zero-order chi connectivity index (χ0) is 36.6. The molecule has 0 spiro atoms. The van der Waals surface area contributed by atoms with Gasteiger partial charge in [-0.25, -0.2) is 0 Å². The van der Waals surface area contributed by atoms with Crippen molar-refractivity contribution in [2.45, 2.75) is 0 Å². The second kappa shape index (κ2) is 11.8. The number of para-hydroxylation sites is 5. The third-order valence-electron chi connectivity index (χ3n) is 11.1. The molecule has 0 atom stereocenters. The molecule has 3 aromatic heterocycles. The average molecular weight is 700 g/mol. The van der Waals surface area contributed by atoms with Gasteiger partial charge in [0.2, 0.25) is 0 Å². The van der Waals surface area contributed by atoms with E-state index in [2.05, 4.69) is 165 Å². The van der Waals surface area contributed by atoms with Crippen molar-refractivity contribution in [1.82, 2.24) is 13.7 Å². The van der Waals surface area contributed by atoms with E-state index in [0.29, 0.717) is 11.1 Å². The Morgan fingerprint density at radius 2 is 0.818 bits per heavy atom. The molecule has 254 valence electrons. The van der Waals surface area contributed by atoms with Crippen molar-refractivity contribution in [3.63, 3.8) is 0 Å². The zero-order valence-electron chi connectivity index (χ0n) is 29.5. The fourth-order valence-corrected chi connectivity index (χ4v) is 8.84. The Hall–Kier alpha value is -7.86. The van der Waals surface area contributed by atoms with Gasteiger partial charge in [-0.1, -0.05) is 109 Å². The molecule has 5 heteroatoms. The first-order valence-electron chi connectivity index (χ1n) is 18.3. The van der Waals surface area contributed by atoms with Gasteiger partial charge in [-0.15, -0.1) is 0 Å². The lowest BCUT2D eigenvalue weighted by molar-refractivity contribution is 1.15. The standard InChI is InChI=1S/C50H29N5/c51-30-33-11-10-22-47(49(33)32-23-25-35(26-24-32)54-45-20-7-4-16-40(45)42-17-9-12-34(31-52)50(42)54)55-46-21-8-3-15-39(46)41-28-27-36(29-48(41)55)53-43-18-5-1-13-37(43)38-14-2-6-19-44(38)53/h1-29H. The van der Waals surface area contributed by atoms with Crippen LogP contribution in [0.4, 0.5) is 0 Å². The molecule has 0 radical (unpaired) electrons. The summed E-state index contributed by atoms with van der Waals surface area (Å²) in [5.41, 5.74) is 12.3. The highest BCUT2D eigenvalue weighted by Crippen LogP contribution is 2.41. The van der Waals surface area contributed by atoms with Gasteiger partial charge in [0.25, 0.3) is 0 Å². The van der Waals surface area contributed by atoms with Gasteiger partial charge in [0, 0.05) is 49.3 Å². The van der Waals surface area contributed by atoms with E-state index in [1.807, 2.05) is 36.4 Å². The minimum Gasteiger partial charge on any atom is -0.309 e. The van der Waals surface area contributed by atoms with Gasteiger partial charge < -0.3 is 13.7 Å². The summed E-state index contributed by atoms with van der Waals surface area (Å²) in [7, 11) is 0. The zero-order valence-corrected chi connectivity index (χ0v) is 29.5. The Morgan fingerprint density at radius 1 is 0.345 bits per heavy atom. The molecule has 0 fully saturated rings. The van der Waals surface area contributed by atoms with Crippen LogP contribution >= 0.6 is 0 Å². The predicted molar refractivity (Wildman–Crippen MR) is 224 cm³/mol. The number of nitriles is 2. The summed E-state index contributed by atoms with van der Waals surface area (Å²) in [5, 5.41) is 27.6. The van der Waals surface area contributed by atoms with E-state index in [0.717, 1.165) is 82.8 Å². The summed E-state index contributed by atoms with van der Waals surface area (Å²) in [6.45, 7) is 0. The number of benzene rings is 8. The molecule has 0 aliphatic rings. The molecule has 8 aromatic carbocycles. The van der Waals surface area contributed by atoms with Crippen molar-refractivity contribution in [3.8, 4) is 40.3 Å². The quantitative estimate of drug-likeness (QED) is 0.184. The van der Waals surface area contributed by atoms with Crippen molar-refractivity contribution >= 4 is 65.4 Å². The molecule has 0 bridgehead atoms. The van der Waals surface area contributed by atoms with Gasteiger partial charge in [0.1, 0.15) is 6.07 Å². The van der Waals surface area contributed by atoms with Crippen LogP contribution in [-0.2, 0) is 0 Å². The number of aromatic nitrogens is 3. The molecule has 3 heterocycles. The van der Waals surface area contributed by atoms with Crippen molar-refractivity contribution < 1.29 is 0 Å². The van der Waals surface area contributed by atoms with Crippen LogP contribution in [0.2, 0.25) is 0 Å². The lowest BCUT2D eigenvalue weighted by Crippen LogP contribution is -2.01. The minimum absolute atomic E-state index is 0.596. The summed E-state index contributed by atoms with van der Waals surface area (Å²) in [4.78, 5) is 0. The largest absolute Gasteiger partial charge is 0.309 e. The van der Waals surface area contributed by atoms with Gasteiger partial charge >= 0.3 is 0 Å². The maximum Gasteiger partial charge on any atom is 0.101 e. The molecular weight excluding hydrogens is 671 g/mol. The maximum absolute atomic E-state index is 10.6. The molecule has 5 nitrogen and oxygen atoms in total. The van der Waals surface area contributed by atoms with Gasteiger partial charge in [0.15, 0.2) is 0 Å². The van der Waals surface area contributed by atoms with Gasteiger partial charge in [0.05, 0.1) is 56.0 Å². The first-order valence-corrected chi connectivity index (χ1v) is 18.3. The Morgan fingerprint density at radius 3 is 1.44 bits per heavy atom. The maximum atomic E-state index is 10.6. The monoisotopic (exact) mass is 699 g/mol. The van der Waals surface area contributed by atoms with E-state index >= 15 is 0 Å². The topological polar surface area (TPSA) is 62.4 Å². The van der Waals surface area contributed by atoms with Gasteiger partial charge in [-0.2, -0.15) is 10.5 Å². The van der Waals surface area contributed by atoms with E-state index in [9.17, 15) is 10.5 Å². The van der Waals surface area contributed by atoms with Gasteiger partial charge in [-0.05, 0) is 72.3 Å². The highest BCUT2D eigenvalue weighted by atomic mass is 15.0. The molecule has 0 N–H and O–H groups in total. The lowest BCUT2D eigenvalue weighted by atomic mass is 9.97. The van der Waals surface area contributed by atoms with E-state index in [-0.39, 0.29) is 0 Å². The lowest BCUT2D eigenvalue weighted by Gasteiger charge is -2.17. The highest BCUT2D eigenvalue weighted by Gasteiger charge is 2.21. The van der Waals surface area contributed by atoms with Crippen LogP contribution < -0.4 is 0 Å². The summed E-state index contributed by atoms with van der Waals surface area (Å²) >= 11 is 0. The number of rotatable bonds is 4. The van der Waals surface area contributed by atoms with Gasteiger partial charge in [-0.3, -0.25) is 0 Å². The molecule has 11 rings (SSSR count). The van der Waals surface area contributed by atoms with E-state index < -0.39 is 0 Å². The fourth-order valence-electron chi connectivity index (χ4n) is 8.84. The Labute approximate surface area is 316 Å². The third kappa shape index (κ3) is 4.39. The molecule has 0 amide bonds. The predicted octanol–water partition coefficient (Wildman–Crippen LogP) is 12.4. The second-order valence-corrected chi connectivity index (χ2v) is 13.9. The summed E-state index contributed by atoms with van der Waals surface area (Å²) in [6, 6.07) is 65.9. The fraction of sp³-hybridized carbons (Fsp3) is 0. The molecule has 55 heavy (non-hydrogen) atoms. The molecule has 0 aliphatic heterocycles. The van der Waals surface area contributed by atoms with E-state index in [1.165, 1.54) is 10.8 Å². The molecule has 0 aliphatic carbocycles. The molecule has 0 saturated heterocycles. The second-order valence-electron chi connectivity index (χ2n) is 13.9. The highest BCUT2D eigenvalue weighted by molar-refractivity contribution is 6.13. The van der Waals surface area contributed by atoms with E-state index in [1.54, 1.807) is 0 Å². The SMILES string of the molecule is N#Cc1cccc(-n2c3ccccc3c3ccc(-n4c5ccccc5c5ccccc54)cc32)c1-c1ccc(-n2c3ccccc3c3cccc(C#N)c32)cc1. The Balaban J connectivity index is 1.15. The third-order valence-corrected chi connectivity index (χ3v) is 11.1. The first kappa shape index (κ1) is 30.7. The first-order chi connectivity index (χ1) is 27.2.